The molecule has 1 aliphatic rings. The van der Waals surface area contributed by atoms with Crippen LogP contribution in [0.1, 0.15) is 39.0 Å². The van der Waals surface area contributed by atoms with E-state index >= 15 is 0 Å². The van der Waals surface area contributed by atoms with Crippen molar-refractivity contribution >= 4 is 17.7 Å². The SMILES string of the molecule is CCCCN=C(NN)NC1CCCC1SC. The highest BCUT2D eigenvalue weighted by molar-refractivity contribution is 7.99. The van der Waals surface area contributed by atoms with Crippen molar-refractivity contribution in [3.05, 3.63) is 0 Å². The number of hydrazine groups is 1. The van der Waals surface area contributed by atoms with Crippen LogP contribution in [0, 0.1) is 0 Å². The minimum Gasteiger partial charge on any atom is -0.351 e. The van der Waals surface area contributed by atoms with E-state index < -0.39 is 0 Å². The Bertz CT molecular complexity index is 220. The summed E-state index contributed by atoms with van der Waals surface area (Å²) in [6.45, 7) is 3.01. The van der Waals surface area contributed by atoms with Crippen molar-refractivity contribution in [2.75, 3.05) is 12.8 Å². The predicted molar refractivity (Wildman–Crippen MR) is 72.6 cm³/mol. The average molecular weight is 244 g/mol. The maximum atomic E-state index is 5.47. The van der Waals surface area contributed by atoms with Gasteiger partial charge in [0.2, 0.25) is 5.96 Å². The van der Waals surface area contributed by atoms with Crippen LogP contribution >= 0.6 is 11.8 Å². The summed E-state index contributed by atoms with van der Waals surface area (Å²) >= 11 is 1.94. The van der Waals surface area contributed by atoms with Crippen LogP contribution in [0.25, 0.3) is 0 Å². The predicted octanol–water partition coefficient (Wildman–Crippen LogP) is 1.48. The van der Waals surface area contributed by atoms with Gasteiger partial charge in [0.05, 0.1) is 0 Å². The largest absolute Gasteiger partial charge is 0.351 e. The molecule has 4 nitrogen and oxygen atoms in total. The monoisotopic (exact) mass is 244 g/mol. The highest BCUT2D eigenvalue weighted by atomic mass is 32.2. The Labute approximate surface area is 103 Å². The lowest BCUT2D eigenvalue weighted by Gasteiger charge is -2.21. The van der Waals surface area contributed by atoms with Crippen molar-refractivity contribution in [3.63, 3.8) is 0 Å². The first kappa shape index (κ1) is 13.6. The van der Waals surface area contributed by atoms with Gasteiger partial charge in [0.1, 0.15) is 0 Å². The van der Waals surface area contributed by atoms with Crippen LogP contribution in [0.3, 0.4) is 0 Å². The van der Waals surface area contributed by atoms with Crippen LogP contribution in [0.15, 0.2) is 4.99 Å². The summed E-state index contributed by atoms with van der Waals surface area (Å²) in [5.74, 6) is 6.22. The van der Waals surface area contributed by atoms with Crippen LogP contribution in [-0.2, 0) is 0 Å². The molecular weight excluding hydrogens is 220 g/mol. The maximum Gasteiger partial charge on any atom is 0.205 e. The van der Waals surface area contributed by atoms with Gasteiger partial charge < -0.3 is 5.32 Å². The molecule has 0 spiro atoms. The van der Waals surface area contributed by atoms with Crippen molar-refractivity contribution in [1.82, 2.24) is 10.7 Å². The van der Waals surface area contributed by atoms with E-state index in [4.69, 9.17) is 5.84 Å². The van der Waals surface area contributed by atoms with Gasteiger partial charge in [-0.05, 0) is 25.5 Å². The molecule has 0 amide bonds. The van der Waals surface area contributed by atoms with Gasteiger partial charge in [0, 0.05) is 17.8 Å². The maximum absolute atomic E-state index is 5.47. The first-order valence-corrected chi connectivity index (χ1v) is 7.41. The van der Waals surface area contributed by atoms with Crippen LogP contribution in [-0.4, -0.2) is 30.1 Å². The number of rotatable bonds is 5. The van der Waals surface area contributed by atoms with E-state index in [1.54, 1.807) is 0 Å². The standard InChI is InChI=1S/C11H24N4S/c1-3-4-8-13-11(15-12)14-9-6-5-7-10(9)16-2/h9-10H,3-8,12H2,1-2H3,(H2,13,14,15). The highest BCUT2D eigenvalue weighted by Crippen LogP contribution is 2.28. The topological polar surface area (TPSA) is 62.4 Å². The van der Waals surface area contributed by atoms with Crippen molar-refractivity contribution in [1.29, 1.82) is 0 Å². The van der Waals surface area contributed by atoms with Crippen LogP contribution in [0.5, 0.6) is 0 Å². The van der Waals surface area contributed by atoms with Gasteiger partial charge in [0.25, 0.3) is 0 Å². The highest BCUT2D eigenvalue weighted by Gasteiger charge is 2.26. The zero-order valence-corrected chi connectivity index (χ0v) is 11.1. The third-order valence-corrected chi connectivity index (χ3v) is 4.17. The molecule has 4 N–H and O–H groups in total. The van der Waals surface area contributed by atoms with E-state index in [2.05, 4.69) is 28.9 Å². The molecule has 16 heavy (non-hydrogen) atoms. The van der Waals surface area contributed by atoms with E-state index in [-0.39, 0.29) is 0 Å². The first-order chi connectivity index (χ1) is 7.81. The fourth-order valence-electron chi connectivity index (χ4n) is 2.03. The van der Waals surface area contributed by atoms with Gasteiger partial charge in [-0.1, -0.05) is 19.8 Å². The molecule has 1 aliphatic carbocycles. The number of guanidine groups is 1. The summed E-state index contributed by atoms with van der Waals surface area (Å²) in [4.78, 5) is 4.42. The third kappa shape index (κ3) is 4.22. The molecule has 0 bridgehead atoms. The summed E-state index contributed by atoms with van der Waals surface area (Å²) < 4.78 is 0. The number of aliphatic imine (C=N–C) groups is 1. The number of nitrogens with one attached hydrogen (secondary N) is 2. The second-order valence-electron chi connectivity index (χ2n) is 4.18. The van der Waals surface area contributed by atoms with E-state index in [1.807, 2.05) is 11.8 Å². The zero-order valence-electron chi connectivity index (χ0n) is 10.3. The lowest BCUT2D eigenvalue weighted by molar-refractivity contribution is 0.623. The number of hydrogen-bond acceptors (Lipinski definition) is 3. The summed E-state index contributed by atoms with van der Waals surface area (Å²) in [7, 11) is 0. The van der Waals surface area contributed by atoms with E-state index in [0.717, 1.165) is 25.3 Å². The normalized spacial score (nSPS) is 25.8. The molecule has 94 valence electrons. The summed E-state index contributed by atoms with van der Waals surface area (Å²) in [6.07, 6.45) is 8.28. The Morgan fingerprint density at radius 2 is 2.31 bits per heavy atom. The summed E-state index contributed by atoms with van der Waals surface area (Å²) in [6, 6.07) is 0.520. The number of thioether (sulfide) groups is 1. The molecule has 1 fully saturated rings. The van der Waals surface area contributed by atoms with Gasteiger partial charge in [0.15, 0.2) is 0 Å². The smallest absolute Gasteiger partial charge is 0.205 e. The number of nitrogens with zero attached hydrogens (tertiary/aromatic N) is 1. The Kier molecular flexibility index (Phi) is 6.64. The minimum atomic E-state index is 0.520. The molecule has 0 aliphatic heterocycles. The molecule has 1 rings (SSSR count). The molecule has 0 aromatic rings. The fourth-order valence-corrected chi connectivity index (χ4v) is 2.97. The molecule has 0 radical (unpaired) electrons. The molecule has 1 saturated carbocycles. The number of nitrogens with two attached hydrogens (primary N) is 1. The fraction of sp³-hybridized carbons (Fsp3) is 0.909. The molecule has 2 atom stereocenters. The molecule has 0 heterocycles. The second kappa shape index (κ2) is 7.79. The van der Waals surface area contributed by atoms with Gasteiger partial charge in [-0.15, -0.1) is 0 Å². The number of hydrogen-bond donors (Lipinski definition) is 3. The van der Waals surface area contributed by atoms with Gasteiger partial charge in [-0.3, -0.25) is 10.4 Å². The summed E-state index contributed by atoms with van der Waals surface area (Å²) in [5, 5.41) is 4.12. The second-order valence-corrected chi connectivity index (χ2v) is 5.26. The van der Waals surface area contributed by atoms with Crippen molar-refractivity contribution in [2.24, 2.45) is 10.8 Å². The summed E-state index contributed by atoms with van der Waals surface area (Å²) in [5.41, 5.74) is 2.66. The van der Waals surface area contributed by atoms with Crippen LogP contribution < -0.4 is 16.6 Å². The van der Waals surface area contributed by atoms with E-state index in [9.17, 15) is 0 Å². The Morgan fingerprint density at radius 1 is 1.50 bits per heavy atom. The Hall–Kier alpha value is -0.420. The number of unbranched alkanes of at least 4 members (excludes halogenated alkanes) is 1. The molecule has 0 saturated heterocycles. The quantitative estimate of drug-likeness (QED) is 0.225. The lowest BCUT2D eigenvalue weighted by atomic mass is 10.2. The van der Waals surface area contributed by atoms with Crippen molar-refractivity contribution < 1.29 is 0 Å². The van der Waals surface area contributed by atoms with E-state index in [1.165, 1.54) is 19.3 Å². The van der Waals surface area contributed by atoms with Crippen molar-refractivity contribution in [2.45, 2.75) is 50.3 Å². The molecular formula is C11H24N4S. The van der Waals surface area contributed by atoms with Gasteiger partial charge in [-0.2, -0.15) is 11.8 Å². The van der Waals surface area contributed by atoms with Crippen LogP contribution in [0.4, 0.5) is 0 Å². The van der Waals surface area contributed by atoms with Crippen LogP contribution in [0.2, 0.25) is 0 Å². The molecule has 0 aromatic heterocycles. The minimum absolute atomic E-state index is 0.520. The molecule has 0 aromatic carbocycles. The molecule has 5 heteroatoms. The average Bonchev–Trinajstić information content (AvgIpc) is 2.75. The zero-order chi connectivity index (χ0) is 11.8. The Morgan fingerprint density at radius 3 is 2.94 bits per heavy atom. The molecule has 2 unspecified atom stereocenters. The van der Waals surface area contributed by atoms with E-state index in [0.29, 0.717) is 11.3 Å². The first-order valence-electron chi connectivity index (χ1n) is 6.12. The third-order valence-electron chi connectivity index (χ3n) is 3.00. The Balaban J connectivity index is 2.39. The van der Waals surface area contributed by atoms with Crippen molar-refractivity contribution in [3.8, 4) is 0 Å². The lowest BCUT2D eigenvalue weighted by Crippen LogP contribution is -2.48. The van der Waals surface area contributed by atoms with Gasteiger partial charge >= 0.3 is 0 Å². The van der Waals surface area contributed by atoms with Gasteiger partial charge in [-0.25, -0.2) is 5.84 Å².